The van der Waals surface area contributed by atoms with E-state index in [2.05, 4.69) is 4.72 Å². The van der Waals surface area contributed by atoms with Crippen molar-refractivity contribution in [2.24, 2.45) is 0 Å². The number of sulfonamides is 1. The number of rotatable bonds is 6. The van der Waals surface area contributed by atoms with Gasteiger partial charge < -0.3 is 5.11 Å². The number of thioether (sulfide) groups is 1. The highest BCUT2D eigenvalue weighted by molar-refractivity contribution is 7.98. The zero-order valence-corrected chi connectivity index (χ0v) is 13.1. The van der Waals surface area contributed by atoms with Crippen LogP contribution < -0.4 is 4.72 Å². The minimum atomic E-state index is -4.62. The molecule has 1 rings (SSSR count). The highest BCUT2D eigenvalue weighted by Gasteiger charge is 2.32. The first-order valence-corrected chi connectivity index (χ1v) is 8.74. The summed E-state index contributed by atoms with van der Waals surface area (Å²) in [5, 5.41) is 9.88. The first-order valence-electron chi connectivity index (χ1n) is 5.86. The summed E-state index contributed by atoms with van der Waals surface area (Å²) in [6.07, 6.45) is -2.87. The van der Waals surface area contributed by atoms with E-state index in [0.29, 0.717) is 6.07 Å². The Bertz CT molecular complexity index is 586. The summed E-state index contributed by atoms with van der Waals surface area (Å²) in [5.41, 5.74) is -2.32. The molecule has 0 amide bonds. The third-order valence-electron chi connectivity index (χ3n) is 2.57. The number of hydrogen-bond acceptors (Lipinski definition) is 4. The second-order valence-electron chi connectivity index (χ2n) is 4.78. The van der Waals surface area contributed by atoms with Gasteiger partial charge in [0, 0.05) is 12.3 Å². The van der Waals surface area contributed by atoms with E-state index in [1.165, 1.54) is 18.7 Å². The molecule has 21 heavy (non-hydrogen) atoms. The molecular weight excluding hydrogens is 327 g/mol. The van der Waals surface area contributed by atoms with Gasteiger partial charge in [-0.15, -0.1) is 0 Å². The van der Waals surface area contributed by atoms with E-state index in [4.69, 9.17) is 0 Å². The molecule has 4 nitrogen and oxygen atoms in total. The van der Waals surface area contributed by atoms with Crippen molar-refractivity contribution in [3.8, 4) is 0 Å². The van der Waals surface area contributed by atoms with Gasteiger partial charge in [0.2, 0.25) is 10.0 Å². The van der Waals surface area contributed by atoms with Crippen molar-refractivity contribution in [3.05, 3.63) is 29.8 Å². The van der Waals surface area contributed by atoms with Crippen LogP contribution in [0.2, 0.25) is 0 Å². The van der Waals surface area contributed by atoms with Crippen molar-refractivity contribution in [1.82, 2.24) is 4.72 Å². The van der Waals surface area contributed by atoms with Crippen molar-refractivity contribution in [3.63, 3.8) is 0 Å². The number of hydrogen-bond donors (Lipinski definition) is 2. The summed E-state index contributed by atoms with van der Waals surface area (Å²) in [5.74, 6) is 0.290. The highest BCUT2D eigenvalue weighted by Crippen LogP contribution is 2.30. The molecule has 0 spiro atoms. The molecule has 0 aromatic heterocycles. The Kier molecular flexibility index (Phi) is 5.70. The molecule has 0 aliphatic carbocycles. The lowest BCUT2D eigenvalue weighted by Crippen LogP contribution is -2.42. The normalized spacial score (nSPS) is 15.7. The van der Waals surface area contributed by atoms with Gasteiger partial charge >= 0.3 is 6.18 Å². The van der Waals surface area contributed by atoms with E-state index in [0.717, 1.165) is 18.2 Å². The fourth-order valence-electron chi connectivity index (χ4n) is 1.54. The molecule has 0 aliphatic rings. The van der Waals surface area contributed by atoms with Gasteiger partial charge in [0.1, 0.15) is 0 Å². The third kappa shape index (κ3) is 5.50. The largest absolute Gasteiger partial charge is 0.416 e. The molecule has 0 heterocycles. The fourth-order valence-corrected chi connectivity index (χ4v) is 3.47. The lowest BCUT2D eigenvalue weighted by molar-refractivity contribution is -0.137. The highest BCUT2D eigenvalue weighted by atomic mass is 32.2. The molecule has 0 bridgehead atoms. The summed E-state index contributed by atoms with van der Waals surface area (Å²) >= 11 is 1.33. The summed E-state index contributed by atoms with van der Waals surface area (Å²) in [7, 11) is -4.11. The molecule has 2 N–H and O–H groups in total. The van der Waals surface area contributed by atoms with Crippen LogP contribution in [0, 0.1) is 0 Å². The standard InChI is InChI=1S/C12H16F3NO3S2/c1-11(17,8-20-2)7-16-21(18,19)10-5-3-4-9(6-10)12(13,14)15/h3-6,16-17H,7-8H2,1-2H3. The number of halogens is 3. The molecule has 0 saturated heterocycles. The molecule has 9 heteroatoms. The Morgan fingerprint density at radius 3 is 2.48 bits per heavy atom. The zero-order valence-electron chi connectivity index (χ0n) is 11.4. The van der Waals surface area contributed by atoms with Crippen LogP contribution in [0.25, 0.3) is 0 Å². The maximum absolute atomic E-state index is 12.6. The van der Waals surface area contributed by atoms with Crippen molar-refractivity contribution in [2.75, 3.05) is 18.6 Å². The Labute approximate surface area is 125 Å². The van der Waals surface area contributed by atoms with Crippen LogP contribution in [0.3, 0.4) is 0 Å². The lowest BCUT2D eigenvalue weighted by Gasteiger charge is -2.22. The summed E-state index contributed by atoms with van der Waals surface area (Å²) in [6, 6.07) is 3.45. The molecule has 0 saturated carbocycles. The minimum absolute atomic E-state index is 0.285. The summed E-state index contributed by atoms with van der Waals surface area (Å²) in [4.78, 5) is -0.489. The topological polar surface area (TPSA) is 66.4 Å². The molecular formula is C12H16F3NO3S2. The number of aliphatic hydroxyl groups is 1. The zero-order chi connectivity index (χ0) is 16.3. The van der Waals surface area contributed by atoms with E-state index in [-0.39, 0.29) is 12.3 Å². The smallest absolute Gasteiger partial charge is 0.388 e. The Hall–Kier alpha value is -0.770. The van der Waals surface area contributed by atoms with E-state index >= 15 is 0 Å². The van der Waals surface area contributed by atoms with Crippen molar-refractivity contribution < 1.29 is 26.7 Å². The quantitative estimate of drug-likeness (QED) is 0.830. The predicted molar refractivity (Wildman–Crippen MR) is 75.6 cm³/mol. The van der Waals surface area contributed by atoms with Gasteiger partial charge in [0.15, 0.2) is 0 Å². The average molecular weight is 343 g/mol. The van der Waals surface area contributed by atoms with Gasteiger partial charge in [-0.1, -0.05) is 6.07 Å². The number of alkyl halides is 3. The van der Waals surface area contributed by atoms with Crippen LogP contribution >= 0.6 is 11.8 Å². The lowest BCUT2D eigenvalue weighted by atomic mass is 10.1. The van der Waals surface area contributed by atoms with Gasteiger partial charge in [-0.25, -0.2) is 13.1 Å². The monoisotopic (exact) mass is 343 g/mol. The SMILES string of the molecule is CSCC(C)(O)CNS(=O)(=O)c1cccc(C(F)(F)F)c1. The van der Waals surface area contributed by atoms with Crippen LogP contribution in [-0.2, 0) is 16.2 Å². The second-order valence-corrected chi connectivity index (χ2v) is 7.41. The number of nitrogens with one attached hydrogen (secondary N) is 1. The molecule has 0 radical (unpaired) electrons. The van der Waals surface area contributed by atoms with Crippen LogP contribution in [0.15, 0.2) is 29.2 Å². The van der Waals surface area contributed by atoms with Gasteiger partial charge in [-0.3, -0.25) is 0 Å². The molecule has 0 aliphatic heterocycles. The van der Waals surface area contributed by atoms with E-state index in [9.17, 15) is 26.7 Å². The fraction of sp³-hybridized carbons (Fsp3) is 0.500. The molecule has 1 aromatic carbocycles. The number of benzene rings is 1. The molecule has 1 unspecified atom stereocenters. The first kappa shape index (κ1) is 18.3. The summed E-state index contributed by atoms with van der Waals surface area (Å²) in [6.45, 7) is 1.16. The summed E-state index contributed by atoms with van der Waals surface area (Å²) < 4.78 is 63.8. The molecule has 120 valence electrons. The van der Waals surface area contributed by atoms with Crippen molar-refractivity contribution >= 4 is 21.8 Å². The van der Waals surface area contributed by atoms with Crippen molar-refractivity contribution in [2.45, 2.75) is 23.6 Å². The maximum atomic E-state index is 12.6. The van der Waals surface area contributed by atoms with Gasteiger partial charge in [0.25, 0.3) is 0 Å². The van der Waals surface area contributed by atoms with Crippen LogP contribution in [0.4, 0.5) is 13.2 Å². The van der Waals surface area contributed by atoms with Gasteiger partial charge in [-0.05, 0) is 31.4 Å². The van der Waals surface area contributed by atoms with Gasteiger partial charge in [-0.2, -0.15) is 24.9 Å². The molecule has 0 fully saturated rings. The Morgan fingerprint density at radius 2 is 1.95 bits per heavy atom. The minimum Gasteiger partial charge on any atom is -0.388 e. The molecule has 1 aromatic rings. The predicted octanol–water partition coefficient (Wildman–Crippen LogP) is 2.10. The third-order valence-corrected chi connectivity index (χ3v) is 4.88. The Balaban J connectivity index is 2.94. The van der Waals surface area contributed by atoms with Crippen LogP contribution in [-0.4, -0.2) is 37.7 Å². The Morgan fingerprint density at radius 1 is 1.33 bits per heavy atom. The van der Waals surface area contributed by atoms with E-state index in [1.807, 2.05) is 0 Å². The van der Waals surface area contributed by atoms with E-state index in [1.54, 1.807) is 6.26 Å². The molecule has 1 atom stereocenters. The van der Waals surface area contributed by atoms with Crippen LogP contribution in [0.5, 0.6) is 0 Å². The van der Waals surface area contributed by atoms with Crippen LogP contribution in [0.1, 0.15) is 12.5 Å². The van der Waals surface area contributed by atoms with Crippen molar-refractivity contribution in [1.29, 1.82) is 0 Å². The maximum Gasteiger partial charge on any atom is 0.416 e. The average Bonchev–Trinajstić information content (AvgIpc) is 2.36. The van der Waals surface area contributed by atoms with Gasteiger partial charge in [0.05, 0.1) is 16.1 Å². The first-order chi connectivity index (χ1) is 9.48. The van der Waals surface area contributed by atoms with E-state index < -0.39 is 32.3 Å². The second kappa shape index (κ2) is 6.55.